The SMILES string of the molecule is CCNC(=NCC(C)c1cccc(C)c1)NCCC(=O)N(C)C.I. The molecule has 0 aliphatic heterocycles. The molecule has 1 aromatic carbocycles. The second-order valence-corrected chi connectivity index (χ2v) is 6.00. The Hall–Kier alpha value is -1.31. The van der Waals surface area contributed by atoms with Crippen LogP contribution in [0.3, 0.4) is 0 Å². The normalized spacial score (nSPS) is 12.1. The largest absolute Gasteiger partial charge is 0.357 e. The van der Waals surface area contributed by atoms with Gasteiger partial charge in [0.1, 0.15) is 0 Å². The fourth-order valence-corrected chi connectivity index (χ4v) is 2.16. The number of hydrogen-bond donors (Lipinski definition) is 2. The summed E-state index contributed by atoms with van der Waals surface area (Å²) in [6, 6.07) is 8.54. The van der Waals surface area contributed by atoms with Crippen molar-refractivity contribution < 1.29 is 4.79 Å². The summed E-state index contributed by atoms with van der Waals surface area (Å²) in [4.78, 5) is 17.8. The molecule has 1 rings (SSSR count). The standard InChI is InChI=1S/C18H30N4O.HI/c1-6-19-18(20-11-10-17(23)22(4)5)21-13-15(3)16-9-7-8-14(2)12-16;/h7-9,12,15H,6,10-11,13H2,1-5H3,(H2,19,20,21);1H. The summed E-state index contributed by atoms with van der Waals surface area (Å²) in [6.07, 6.45) is 0.463. The van der Waals surface area contributed by atoms with Gasteiger partial charge in [0.25, 0.3) is 0 Å². The average Bonchev–Trinajstić information content (AvgIpc) is 2.52. The highest BCUT2D eigenvalue weighted by Gasteiger charge is 2.07. The van der Waals surface area contributed by atoms with Gasteiger partial charge in [0.05, 0.1) is 0 Å². The van der Waals surface area contributed by atoms with Gasteiger partial charge in [-0.3, -0.25) is 9.79 Å². The van der Waals surface area contributed by atoms with Crippen LogP contribution in [0, 0.1) is 6.92 Å². The molecule has 0 aliphatic carbocycles. The summed E-state index contributed by atoms with van der Waals surface area (Å²) >= 11 is 0. The lowest BCUT2D eigenvalue weighted by Crippen LogP contribution is -2.39. The minimum absolute atomic E-state index is 0. The van der Waals surface area contributed by atoms with Crippen LogP contribution in [0.1, 0.15) is 37.3 Å². The van der Waals surface area contributed by atoms with E-state index in [2.05, 4.69) is 53.7 Å². The Balaban J connectivity index is 0.00000529. The molecule has 0 fully saturated rings. The molecule has 0 saturated carbocycles. The molecule has 0 aromatic heterocycles. The van der Waals surface area contributed by atoms with Gasteiger partial charge in [-0.1, -0.05) is 36.8 Å². The van der Waals surface area contributed by atoms with E-state index in [1.807, 2.05) is 6.92 Å². The molecule has 0 spiro atoms. The number of hydrogen-bond acceptors (Lipinski definition) is 2. The zero-order chi connectivity index (χ0) is 17.2. The van der Waals surface area contributed by atoms with E-state index in [9.17, 15) is 4.79 Å². The molecule has 0 aliphatic rings. The van der Waals surface area contributed by atoms with Crippen LogP contribution in [-0.2, 0) is 4.79 Å². The molecule has 0 bridgehead atoms. The number of aliphatic imine (C=N–C) groups is 1. The van der Waals surface area contributed by atoms with Gasteiger partial charge in [0.15, 0.2) is 5.96 Å². The van der Waals surface area contributed by atoms with Crippen LogP contribution >= 0.6 is 24.0 Å². The van der Waals surface area contributed by atoms with Gasteiger partial charge in [-0.2, -0.15) is 0 Å². The molecular weight excluding hydrogens is 415 g/mol. The van der Waals surface area contributed by atoms with Crippen molar-refractivity contribution in [3.8, 4) is 0 Å². The van der Waals surface area contributed by atoms with E-state index in [1.54, 1.807) is 19.0 Å². The zero-order valence-electron chi connectivity index (χ0n) is 15.4. The highest BCUT2D eigenvalue weighted by molar-refractivity contribution is 14.0. The maximum atomic E-state index is 11.6. The molecule has 0 radical (unpaired) electrons. The van der Waals surface area contributed by atoms with Crippen LogP contribution in [0.4, 0.5) is 0 Å². The number of nitrogens with one attached hydrogen (secondary N) is 2. The van der Waals surface area contributed by atoms with Crippen molar-refractivity contribution in [2.45, 2.75) is 33.1 Å². The van der Waals surface area contributed by atoms with E-state index in [-0.39, 0.29) is 29.9 Å². The average molecular weight is 446 g/mol. The smallest absolute Gasteiger partial charge is 0.223 e. The van der Waals surface area contributed by atoms with E-state index < -0.39 is 0 Å². The van der Waals surface area contributed by atoms with Gasteiger partial charge >= 0.3 is 0 Å². The topological polar surface area (TPSA) is 56.7 Å². The second-order valence-electron chi connectivity index (χ2n) is 6.00. The van der Waals surface area contributed by atoms with Crippen molar-refractivity contribution in [1.82, 2.24) is 15.5 Å². The number of guanidine groups is 1. The molecule has 1 amide bonds. The fourth-order valence-electron chi connectivity index (χ4n) is 2.16. The van der Waals surface area contributed by atoms with E-state index >= 15 is 0 Å². The van der Waals surface area contributed by atoms with Gasteiger partial charge in [0.2, 0.25) is 5.91 Å². The van der Waals surface area contributed by atoms with Crippen molar-refractivity contribution in [2.24, 2.45) is 4.99 Å². The number of carbonyl (C=O) groups excluding carboxylic acids is 1. The van der Waals surface area contributed by atoms with Crippen molar-refractivity contribution >= 4 is 35.8 Å². The van der Waals surface area contributed by atoms with Crippen LogP contribution in [-0.4, -0.2) is 50.5 Å². The minimum atomic E-state index is 0. The first-order valence-electron chi connectivity index (χ1n) is 8.23. The summed E-state index contributed by atoms with van der Waals surface area (Å²) in [5.74, 6) is 1.23. The molecule has 0 heterocycles. The maximum Gasteiger partial charge on any atom is 0.223 e. The first-order valence-corrected chi connectivity index (χ1v) is 8.23. The predicted octanol–water partition coefficient (Wildman–Crippen LogP) is 2.75. The lowest BCUT2D eigenvalue weighted by Gasteiger charge is -2.15. The monoisotopic (exact) mass is 446 g/mol. The molecule has 24 heavy (non-hydrogen) atoms. The number of amides is 1. The van der Waals surface area contributed by atoms with E-state index in [0.29, 0.717) is 25.4 Å². The number of benzene rings is 1. The first-order chi connectivity index (χ1) is 10.9. The first kappa shape index (κ1) is 22.7. The van der Waals surface area contributed by atoms with E-state index in [4.69, 9.17) is 0 Å². The number of aryl methyl sites for hydroxylation is 1. The zero-order valence-corrected chi connectivity index (χ0v) is 17.8. The molecule has 6 heteroatoms. The Morgan fingerprint density at radius 1 is 1.29 bits per heavy atom. The summed E-state index contributed by atoms with van der Waals surface area (Å²) in [5, 5.41) is 6.43. The van der Waals surface area contributed by atoms with E-state index in [0.717, 1.165) is 12.5 Å². The van der Waals surface area contributed by atoms with E-state index in [1.165, 1.54) is 11.1 Å². The van der Waals surface area contributed by atoms with Crippen LogP contribution in [0.5, 0.6) is 0 Å². The molecular formula is C18H31IN4O. The van der Waals surface area contributed by atoms with Crippen LogP contribution in [0.25, 0.3) is 0 Å². The van der Waals surface area contributed by atoms with Crippen LogP contribution in [0.2, 0.25) is 0 Å². The van der Waals surface area contributed by atoms with Crippen LogP contribution < -0.4 is 10.6 Å². The van der Waals surface area contributed by atoms with Gasteiger partial charge in [-0.05, 0) is 19.4 Å². The summed E-state index contributed by atoms with van der Waals surface area (Å²) in [6.45, 7) is 8.41. The summed E-state index contributed by atoms with van der Waals surface area (Å²) < 4.78 is 0. The highest BCUT2D eigenvalue weighted by atomic mass is 127. The molecule has 136 valence electrons. The lowest BCUT2D eigenvalue weighted by molar-refractivity contribution is -0.128. The van der Waals surface area contributed by atoms with Crippen molar-refractivity contribution in [3.05, 3.63) is 35.4 Å². The number of carbonyl (C=O) groups is 1. The minimum Gasteiger partial charge on any atom is -0.357 e. The van der Waals surface area contributed by atoms with Crippen LogP contribution in [0.15, 0.2) is 29.3 Å². The molecule has 1 atom stereocenters. The van der Waals surface area contributed by atoms with Gasteiger partial charge in [0, 0.05) is 46.1 Å². The third-order valence-electron chi connectivity index (χ3n) is 3.61. The third kappa shape index (κ3) is 8.52. The quantitative estimate of drug-likeness (QED) is 0.385. The molecule has 5 nitrogen and oxygen atoms in total. The van der Waals surface area contributed by atoms with Crippen molar-refractivity contribution in [3.63, 3.8) is 0 Å². The number of halogens is 1. The Morgan fingerprint density at radius 2 is 2.00 bits per heavy atom. The Morgan fingerprint density at radius 3 is 2.58 bits per heavy atom. The molecule has 2 N–H and O–H groups in total. The fraction of sp³-hybridized carbons (Fsp3) is 0.556. The Kier molecular flexibility index (Phi) is 11.4. The maximum absolute atomic E-state index is 11.6. The lowest BCUT2D eigenvalue weighted by atomic mass is 10.00. The second kappa shape index (κ2) is 12.1. The number of nitrogens with zero attached hydrogens (tertiary/aromatic N) is 2. The highest BCUT2D eigenvalue weighted by Crippen LogP contribution is 2.16. The van der Waals surface area contributed by atoms with Gasteiger partial charge < -0.3 is 15.5 Å². The van der Waals surface area contributed by atoms with Crippen molar-refractivity contribution in [1.29, 1.82) is 0 Å². The molecule has 0 saturated heterocycles. The third-order valence-corrected chi connectivity index (χ3v) is 3.61. The van der Waals surface area contributed by atoms with Gasteiger partial charge in [-0.25, -0.2) is 0 Å². The molecule has 1 unspecified atom stereocenters. The van der Waals surface area contributed by atoms with Crippen molar-refractivity contribution in [2.75, 3.05) is 33.7 Å². The van der Waals surface area contributed by atoms with Gasteiger partial charge in [-0.15, -0.1) is 24.0 Å². The summed E-state index contributed by atoms with van der Waals surface area (Å²) in [5.41, 5.74) is 2.57. The Labute approximate surface area is 163 Å². The Bertz CT molecular complexity index is 532. The summed E-state index contributed by atoms with van der Waals surface area (Å²) in [7, 11) is 3.54. The predicted molar refractivity (Wildman–Crippen MR) is 112 cm³/mol. The molecule has 1 aromatic rings. The number of rotatable bonds is 7.